The average Bonchev–Trinajstić information content (AvgIpc) is 3.95. The zero-order chi connectivity index (χ0) is 43.5. The third-order valence-electron chi connectivity index (χ3n) is 13.1. The van der Waals surface area contributed by atoms with Crippen LogP contribution in [-0.2, 0) is 11.6 Å². The van der Waals surface area contributed by atoms with Gasteiger partial charge in [-0.3, -0.25) is 0 Å². The topological polar surface area (TPSA) is 32.8 Å². The Morgan fingerprint density at radius 1 is 0.438 bits per heavy atom. The number of fused-ring (bicyclic) bond motifs is 10. The van der Waals surface area contributed by atoms with Gasteiger partial charge in [0, 0.05) is 49.7 Å². The van der Waals surface area contributed by atoms with Crippen LogP contribution < -0.4 is 9.80 Å². The first-order chi connectivity index (χ1) is 31.0. The van der Waals surface area contributed by atoms with Gasteiger partial charge in [-0.2, -0.15) is 13.2 Å². The zero-order valence-corrected chi connectivity index (χ0v) is 35.2. The van der Waals surface area contributed by atoms with Crippen LogP contribution in [0.2, 0.25) is 0 Å². The Bertz CT molecular complexity index is 3650. The summed E-state index contributed by atoms with van der Waals surface area (Å²) in [6.07, 6.45) is -4.46. The molecule has 0 unspecified atom stereocenters. The van der Waals surface area contributed by atoms with Crippen molar-refractivity contribution in [1.29, 1.82) is 0 Å². The fourth-order valence-electron chi connectivity index (χ4n) is 9.90. The second-order valence-electron chi connectivity index (χ2n) is 17.3. The number of benzene rings is 9. The number of halogens is 3. The lowest BCUT2D eigenvalue weighted by Crippen LogP contribution is -2.17. The Kier molecular flexibility index (Phi) is 8.22. The maximum atomic E-state index is 13.9. The van der Waals surface area contributed by atoms with Crippen molar-refractivity contribution in [1.82, 2.24) is 0 Å². The second-order valence-corrected chi connectivity index (χ2v) is 17.3. The Labute approximate surface area is 367 Å². The quantitative estimate of drug-likeness (QED) is 0.167. The highest BCUT2D eigenvalue weighted by molar-refractivity contribution is 6.12. The number of furan rings is 2. The lowest BCUT2D eigenvalue weighted by atomic mass is 9.81. The molecule has 0 aliphatic heterocycles. The Morgan fingerprint density at radius 2 is 0.938 bits per heavy atom. The molecule has 0 fully saturated rings. The number of aryl methyl sites for hydroxylation is 1. The van der Waals surface area contributed by atoms with Gasteiger partial charge in [-0.1, -0.05) is 104 Å². The van der Waals surface area contributed by atoms with Crippen LogP contribution in [0.4, 0.5) is 47.3 Å². The van der Waals surface area contributed by atoms with Crippen LogP contribution in [0, 0.1) is 6.92 Å². The van der Waals surface area contributed by atoms with Gasteiger partial charge >= 0.3 is 6.18 Å². The monoisotopic (exact) mass is 840 g/mol. The molecule has 11 aromatic rings. The van der Waals surface area contributed by atoms with Crippen molar-refractivity contribution in [3.63, 3.8) is 0 Å². The van der Waals surface area contributed by atoms with Crippen LogP contribution in [0.5, 0.6) is 0 Å². The molecular formula is C57H39F3N2O2. The van der Waals surface area contributed by atoms with Crippen LogP contribution in [0.3, 0.4) is 0 Å². The van der Waals surface area contributed by atoms with Crippen LogP contribution in [0.15, 0.2) is 191 Å². The molecule has 9 aromatic carbocycles. The molecule has 1 aliphatic rings. The maximum Gasteiger partial charge on any atom is 0.416 e. The van der Waals surface area contributed by atoms with Crippen molar-refractivity contribution in [3.05, 3.63) is 204 Å². The summed E-state index contributed by atoms with van der Waals surface area (Å²) in [5.74, 6) is 0. The molecule has 12 rings (SSSR count). The SMILES string of the molecule is Cc1ccc(N(c2ccc3cc4c(cc3c2)C(C)(C)c2cc(N(c3ccc(C(F)(F)F)cc3)c3cccc5c3oc3ccccc35)ccc2-4)c2cccc3c2oc2ccccc23)cc1. The molecule has 0 amide bonds. The van der Waals surface area contributed by atoms with Crippen LogP contribution in [0.1, 0.15) is 36.1 Å². The van der Waals surface area contributed by atoms with Crippen LogP contribution >= 0.6 is 0 Å². The molecule has 0 bridgehead atoms. The Hall–Kier alpha value is -7.77. The molecule has 310 valence electrons. The van der Waals surface area contributed by atoms with Crippen molar-refractivity contribution in [3.8, 4) is 11.1 Å². The fourth-order valence-corrected chi connectivity index (χ4v) is 9.90. The third-order valence-corrected chi connectivity index (χ3v) is 13.1. The molecule has 1 aliphatic carbocycles. The van der Waals surface area contributed by atoms with Gasteiger partial charge in [-0.25, -0.2) is 0 Å². The number of para-hydroxylation sites is 4. The van der Waals surface area contributed by atoms with E-state index >= 15 is 0 Å². The highest BCUT2D eigenvalue weighted by atomic mass is 19.4. The van der Waals surface area contributed by atoms with E-state index in [1.54, 1.807) is 0 Å². The molecule has 0 radical (unpaired) electrons. The molecule has 2 aromatic heterocycles. The van der Waals surface area contributed by atoms with Gasteiger partial charge in [0.05, 0.1) is 16.9 Å². The summed E-state index contributed by atoms with van der Waals surface area (Å²) in [5, 5.41) is 6.27. The first kappa shape index (κ1) is 37.9. The van der Waals surface area contributed by atoms with Crippen molar-refractivity contribution in [2.24, 2.45) is 0 Å². The van der Waals surface area contributed by atoms with Crippen molar-refractivity contribution in [2.45, 2.75) is 32.4 Å². The first-order valence-corrected chi connectivity index (χ1v) is 21.4. The summed E-state index contributed by atoms with van der Waals surface area (Å²) in [5.41, 5.74) is 12.9. The molecule has 0 N–H and O–H groups in total. The van der Waals surface area contributed by atoms with Gasteiger partial charge in [0.15, 0.2) is 11.2 Å². The summed E-state index contributed by atoms with van der Waals surface area (Å²) in [7, 11) is 0. The standard InChI is InChI=1S/C57H39F3N2O2/c1-34-18-23-38(24-19-34)61(50-14-8-12-45-43-10-4-6-16-52(43)63-54(45)50)40-25-20-35-31-47-42-29-28-41(33-49(42)56(2,3)48(47)32-36(35)30-40)62(39-26-21-37(22-27-39)57(58,59)60)51-15-9-13-46-44-11-5-7-17-53(44)64-55(46)51/h4-33H,1-3H3. The lowest BCUT2D eigenvalue weighted by Gasteiger charge is -2.28. The van der Waals surface area contributed by atoms with Crippen molar-refractivity contribution < 1.29 is 22.0 Å². The van der Waals surface area contributed by atoms with Gasteiger partial charge in [-0.05, 0) is 137 Å². The number of nitrogens with zero attached hydrogens (tertiary/aromatic N) is 2. The second kappa shape index (κ2) is 13.9. The minimum Gasteiger partial charge on any atom is -0.454 e. The molecule has 2 heterocycles. The van der Waals surface area contributed by atoms with Gasteiger partial charge in [0.2, 0.25) is 0 Å². The van der Waals surface area contributed by atoms with E-state index in [9.17, 15) is 13.2 Å². The van der Waals surface area contributed by atoms with E-state index in [1.165, 1.54) is 23.3 Å². The maximum absolute atomic E-state index is 13.9. The lowest BCUT2D eigenvalue weighted by molar-refractivity contribution is -0.137. The van der Waals surface area contributed by atoms with Gasteiger partial charge in [0.1, 0.15) is 11.2 Å². The van der Waals surface area contributed by atoms with E-state index in [0.29, 0.717) is 11.3 Å². The molecule has 0 spiro atoms. The number of rotatable bonds is 6. The minimum atomic E-state index is -4.46. The largest absolute Gasteiger partial charge is 0.454 e. The third kappa shape index (κ3) is 5.84. The van der Waals surface area contributed by atoms with E-state index in [0.717, 1.165) is 106 Å². The van der Waals surface area contributed by atoms with Crippen LogP contribution in [0.25, 0.3) is 65.8 Å². The molecule has 0 saturated heterocycles. The van der Waals surface area contributed by atoms with Crippen molar-refractivity contribution >= 4 is 88.8 Å². The van der Waals surface area contributed by atoms with E-state index in [-0.39, 0.29) is 0 Å². The van der Waals surface area contributed by atoms with Gasteiger partial charge in [0.25, 0.3) is 0 Å². The molecule has 64 heavy (non-hydrogen) atoms. The zero-order valence-electron chi connectivity index (χ0n) is 35.2. The molecule has 0 saturated carbocycles. The summed E-state index contributed by atoms with van der Waals surface area (Å²) < 4.78 is 54.6. The number of anilines is 6. The number of hydrogen-bond acceptors (Lipinski definition) is 4. The first-order valence-electron chi connectivity index (χ1n) is 21.4. The highest BCUT2D eigenvalue weighted by Gasteiger charge is 2.37. The summed E-state index contributed by atoms with van der Waals surface area (Å²) in [6.45, 7) is 6.60. The summed E-state index contributed by atoms with van der Waals surface area (Å²) >= 11 is 0. The predicted octanol–water partition coefficient (Wildman–Crippen LogP) is 17.2. The molecule has 4 nitrogen and oxygen atoms in total. The van der Waals surface area contributed by atoms with E-state index < -0.39 is 17.2 Å². The predicted molar refractivity (Wildman–Crippen MR) is 255 cm³/mol. The average molecular weight is 841 g/mol. The summed E-state index contributed by atoms with van der Waals surface area (Å²) in [6, 6.07) is 60.0. The van der Waals surface area contributed by atoms with E-state index in [2.05, 4.69) is 123 Å². The van der Waals surface area contributed by atoms with Crippen molar-refractivity contribution in [2.75, 3.05) is 9.80 Å². The minimum absolute atomic E-state index is 0.418. The molecule has 7 heteroatoms. The molecular weight excluding hydrogens is 802 g/mol. The number of hydrogen-bond donors (Lipinski definition) is 0. The Balaban J connectivity index is 0.992. The van der Waals surface area contributed by atoms with Gasteiger partial charge in [-0.15, -0.1) is 0 Å². The summed E-state index contributed by atoms with van der Waals surface area (Å²) in [4.78, 5) is 4.29. The van der Waals surface area contributed by atoms with Gasteiger partial charge < -0.3 is 18.6 Å². The fraction of sp³-hybridized carbons (Fsp3) is 0.0877. The van der Waals surface area contributed by atoms with E-state index in [4.69, 9.17) is 8.83 Å². The highest BCUT2D eigenvalue weighted by Crippen LogP contribution is 2.53. The Morgan fingerprint density at radius 3 is 1.53 bits per heavy atom. The molecule has 0 atom stereocenters. The smallest absolute Gasteiger partial charge is 0.416 e. The van der Waals surface area contributed by atoms with Crippen LogP contribution in [-0.4, -0.2) is 0 Å². The normalized spacial score (nSPS) is 13.3. The number of alkyl halides is 3. The van der Waals surface area contributed by atoms with E-state index in [1.807, 2.05) is 65.6 Å².